The molecular weight excluding hydrogens is 274 g/mol. The van der Waals surface area contributed by atoms with E-state index in [1.54, 1.807) is 6.92 Å². The van der Waals surface area contributed by atoms with E-state index in [0.29, 0.717) is 6.61 Å². The first-order valence-corrected chi connectivity index (χ1v) is 6.81. The molecule has 0 unspecified atom stereocenters. The number of aromatic amines is 1. The summed E-state index contributed by atoms with van der Waals surface area (Å²) in [5.74, 6) is -1.37. The van der Waals surface area contributed by atoms with E-state index in [1.807, 2.05) is 0 Å². The van der Waals surface area contributed by atoms with Gasteiger partial charge in [0.25, 0.3) is 10.0 Å². The molecular formula is C10H15N3O5S. The van der Waals surface area contributed by atoms with Crippen LogP contribution in [0.25, 0.3) is 0 Å². The Morgan fingerprint density at radius 1 is 1.63 bits per heavy atom. The zero-order valence-corrected chi connectivity index (χ0v) is 11.2. The number of aromatic nitrogens is 2. The van der Waals surface area contributed by atoms with Gasteiger partial charge in [0.2, 0.25) is 0 Å². The first-order chi connectivity index (χ1) is 8.84. The molecule has 0 spiro atoms. The summed E-state index contributed by atoms with van der Waals surface area (Å²) in [4.78, 5) is 10.8. The molecule has 0 amide bonds. The number of carboxylic acid groups (broad SMARTS) is 1. The van der Waals surface area contributed by atoms with Gasteiger partial charge in [0.1, 0.15) is 5.56 Å². The minimum Gasteiger partial charge on any atom is -0.478 e. The van der Waals surface area contributed by atoms with E-state index in [-0.39, 0.29) is 13.2 Å². The highest BCUT2D eigenvalue weighted by Gasteiger charge is 2.24. The second-order valence-electron chi connectivity index (χ2n) is 3.83. The monoisotopic (exact) mass is 289 g/mol. The molecule has 0 saturated heterocycles. The quantitative estimate of drug-likeness (QED) is 0.456. The molecule has 0 aliphatic carbocycles. The van der Waals surface area contributed by atoms with Gasteiger partial charge in [-0.3, -0.25) is 5.10 Å². The lowest BCUT2D eigenvalue weighted by Crippen LogP contribution is -2.29. The number of nitrogens with one attached hydrogen (secondary N) is 2. The molecule has 0 aromatic carbocycles. The number of carbonyl (C=O) groups is 1. The summed E-state index contributed by atoms with van der Waals surface area (Å²) < 4.78 is 30.9. The number of nitrogens with zero attached hydrogens (tertiary/aromatic N) is 1. The first-order valence-electron chi connectivity index (χ1n) is 5.33. The second-order valence-corrected chi connectivity index (χ2v) is 5.53. The van der Waals surface area contributed by atoms with Crippen LogP contribution in [0.3, 0.4) is 0 Å². The molecule has 8 nitrogen and oxygen atoms in total. The Labute approximate surface area is 110 Å². The maximum atomic E-state index is 11.8. The van der Waals surface area contributed by atoms with Crippen LogP contribution < -0.4 is 4.72 Å². The summed E-state index contributed by atoms with van der Waals surface area (Å²) in [6.45, 7) is 5.93. The van der Waals surface area contributed by atoms with E-state index in [0.717, 1.165) is 11.8 Å². The number of hydrogen-bond donors (Lipinski definition) is 3. The number of hydrogen-bond acceptors (Lipinski definition) is 5. The van der Waals surface area contributed by atoms with Crippen LogP contribution in [0.5, 0.6) is 0 Å². The molecule has 3 N–H and O–H groups in total. The van der Waals surface area contributed by atoms with Crippen LogP contribution >= 0.6 is 0 Å². The van der Waals surface area contributed by atoms with Gasteiger partial charge in [-0.2, -0.15) is 5.10 Å². The van der Waals surface area contributed by atoms with Crippen molar-refractivity contribution in [3.8, 4) is 0 Å². The Balaban J connectivity index is 2.59. The first kappa shape index (κ1) is 15.3. The molecule has 0 fully saturated rings. The molecule has 9 heteroatoms. The molecule has 0 aliphatic rings. The third-order valence-corrected chi connectivity index (χ3v) is 3.42. The Hall–Kier alpha value is -1.71. The fourth-order valence-corrected chi connectivity index (χ4v) is 2.30. The van der Waals surface area contributed by atoms with Crippen LogP contribution in [0.2, 0.25) is 0 Å². The molecule has 1 rings (SSSR count). The van der Waals surface area contributed by atoms with Crippen LogP contribution in [0.4, 0.5) is 0 Å². The van der Waals surface area contributed by atoms with Crippen molar-refractivity contribution in [2.75, 3.05) is 19.8 Å². The Morgan fingerprint density at radius 3 is 2.89 bits per heavy atom. The number of rotatable bonds is 8. The lowest BCUT2D eigenvalue weighted by atomic mass is 10.4. The average molecular weight is 289 g/mol. The highest BCUT2D eigenvalue weighted by molar-refractivity contribution is 7.89. The van der Waals surface area contributed by atoms with Gasteiger partial charge in [0.05, 0.1) is 19.4 Å². The maximum absolute atomic E-state index is 11.8. The van der Waals surface area contributed by atoms with E-state index in [9.17, 15) is 13.2 Å². The number of H-pyrrole nitrogens is 1. The average Bonchev–Trinajstić information content (AvgIpc) is 2.77. The van der Waals surface area contributed by atoms with Crippen molar-refractivity contribution in [1.82, 2.24) is 14.9 Å². The Kier molecular flexibility index (Phi) is 5.21. The highest BCUT2D eigenvalue weighted by Crippen LogP contribution is 2.11. The van der Waals surface area contributed by atoms with Crippen LogP contribution in [0, 0.1) is 0 Å². The molecule has 0 bridgehead atoms. The summed E-state index contributed by atoms with van der Waals surface area (Å²) in [6, 6.07) is 0. The van der Waals surface area contributed by atoms with Crippen molar-refractivity contribution in [2.24, 2.45) is 0 Å². The zero-order chi connectivity index (χ0) is 14.5. The molecule has 0 aliphatic heterocycles. The minimum atomic E-state index is -3.94. The number of ether oxygens (including phenoxy) is 1. The van der Waals surface area contributed by atoms with Crippen LogP contribution in [0.15, 0.2) is 23.4 Å². The van der Waals surface area contributed by atoms with E-state index in [1.165, 1.54) is 0 Å². The van der Waals surface area contributed by atoms with Crippen LogP contribution in [0.1, 0.15) is 17.3 Å². The lowest BCUT2D eigenvalue weighted by molar-refractivity contribution is 0.0692. The van der Waals surface area contributed by atoms with Gasteiger partial charge in [-0.15, -0.1) is 0 Å². The number of sulfonamides is 1. The molecule has 1 heterocycles. The SMILES string of the molecule is C=C(C)COCCNS(=O)(=O)c1[nH]ncc1C(=O)O. The third kappa shape index (κ3) is 4.47. The Morgan fingerprint density at radius 2 is 2.32 bits per heavy atom. The second kappa shape index (κ2) is 6.45. The normalized spacial score (nSPS) is 11.4. The predicted octanol–water partition coefficient (Wildman–Crippen LogP) is -0.0211. The van der Waals surface area contributed by atoms with Crippen molar-refractivity contribution in [1.29, 1.82) is 0 Å². The highest BCUT2D eigenvalue weighted by atomic mass is 32.2. The fraction of sp³-hybridized carbons (Fsp3) is 0.400. The van der Waals surface area contributed by atoms with Gasteiger partial charge in [-0.1, -0.05) is 12.2 Å². The third-order valence-electron chi connectivity index (χ3n) is 1.99. The molecule has 0 saturated carbocycles. The van der Waals surface area contributed by atoms with Gasteiger partial charge < -0.3 is 9.84 Å². The molecule has 1 aromatic heterocycles. The summed E-state index contributed by atoms with van der Waals surface area (Å²) in [7, 11) is -3.94. The standard InChI is InChI=1S/C10H15N3O5S/c1-7(2)6-18-4-3-12-19(16,17)9-8(10(14)15)5-11-13-9/h5,12H,1,3-4,6H2,2H3,(H,11,13)(H,14,15). The number of carboxylic acids is 1. The fourth-order valence-electron chi connectivity index (χ4n) is 1.20. The van der Waals surface area contributed by atoms with Crippen molar-refractivity contribution >= 4 is 16.0 Å². The number of aromatic carboxylic acids is 1. The summed E-state index contributed by atoms with van der Waals surface area (Å²) in [6.07, 6.45) is 0.939. The zero-order valence-electron chi connectivity index (χ0n) is 10.3. The molecule has 0 atom stereocenters. The van der Waals surface area contributed by atoms with Crippen LogP contribution in [-0.2, 0) is 14.8 Å². The lowest BCUT2D eigenvalue weighted by Gasteiger charge is -2.06. The van der Waals surface area contributed by atoms with Crippen molar-refractivity contribution in [2.45, 2.75) is 11.9 Å². The van der Waals surface area contributed by atoms with E-state index < -0.39 is 26.6 Å². The Bertz CT molecular complexity index is 563. The van der Waals surface area contributed by atoms with Gasteiger partial charge in [0, 0.05) is 6.54 Å². The molecule has 106 valence electrons. The topological polar surface area (TPSA) is 121 Å². The summed E-state index contributed by atoms with van der Waals surface area (Å²) in [5.41, 5.74) is 0.417. The minimum absolute atomic E-state index is 0.0215. The molecule has 0 radical (unpaired) electrons. The van der Waals surface area contributed by atoms with E-state index in [2.05, 4.69) is 21.5 Å². The van der Waals surface area contributed by atoms with E-state index in [4.69, 9.17) is 9.84 Å². The van der Waals surface area contributed by atoms with E-state index >= 15 is 0 Å². The van der Waals surface area contributed by atoms with Crippen molar-refractivity contribution < 1.29 is 23.1 Å². The van der Waals surface area contributed by atoms with Crippen LogP contribution in [-0.4, -0.2) is 49.4 Å². The molecule has 19 heavy (non-hydrogen) atoms. The summed E-state index contributed by atoms with van der Waals surface area (Å²) in [5, 5.41) is 13.9. The maximum Gasteiger partial charge on any atom is 0.340 e. The summed E-state index contributed by atoms with van der Waals surface area (Å²) >= 11 is 0. The van der Waals surface area contributed by atoms with Gasteiger partial charge in [-0.25, -0.2) is 17.9 Å². The van der Waals surface area contributed by atoms with Crippen molar-refractivity contribution in [3.63, 3.8) is 0 Å². The van der Waals surface area contributed by atoms with Gasteiger partial charge in [0.15, 0.2) is 5.03 Å². The van der Waals surface area contributed by atoms with Gasteiger partial charge >= 0.3 is 5.97 Å². The van der Waals surface area contributed by atoms with Gasteiger partial charge in [-0.05, 0) is 6.92 Å². The smallest absolute Gasteiger partial charge is 0.340 e. The van der Waals surface area contributed by atoms with Crippen molar-refractivity contribution in [3.05, 3.63) is 23.9 Å². The largest absolute Gasteiger partial charge is 0.478 e. The predicted molar refractivity (Wildman–Crippen MR) is 66.4 cm³/mol. The molecule has 1 aromatic rings.